The van der Waals surface area contributed by atoms with Gasteiger partial charge in [0.25, 0.3) is 0 Å². The van der Waals surface area contributed by atoms with Crippen LogP contribution in [-0.2, 0) is 4.74 Å². The molecule has 0 amide bonds. The highest BCUT2D eigenvalue weighted by molar-refractivity contribution is 5.45. The Morgan fingerprint density at radius 2 is 1.89 bits per heavy atom. The molecule has 0 aliphatic carbocycles. The summed E-state index contributed by atoms with van der Waals surface area (Å²) in [5.41, 5.74) is 3.65. The molecule has 0 aromatic heterocycles. The van der Waals surface area contributed by atoms with Crippen LogP contribution in [0.25, 0.3) is 0 Å². The highest BCUT2D eigenvalue weighted by atomic mass is 16.5. The highest BCUT2D eigenvalue weighted by Crippen LogP contribution is 2.33. The zero-order valence-corrected chi connectivity index (χ0v) is 12.3. The lowest BCUT2D eigenvalue weighted by Crippen LogP contribution is -2.31. The van der Waals surface area contributed by atoms with E-state index in [1.807, 2.05) is 7.05 Å². The van der Waals surface area contributed by atoms with Gasteiger partial charge in [0.15, 0.2) is 0 Å². The van der Waals surface area contributed by atoms with E-state index in [2.05, 4.69) is 38.2 Å². The SMILES string of the molecule is CCC(OC)C(NC)c1c(C)cc(C)cc1OC. The van der Waals surface area contributed by atoms with Crippen LogP contribution in [0.5, 0.6) is 5.75 Å². The van der Waals surface area contributed by atoms with Crippen LogP contribution in [0, 0.1) is 13.8 Å². The molecule has 18 heavy (non-hydrogen) atoms. The third kappa shape index (κ3) is 3.03. The van der Waals surface area contributed by atoms with Crippen molar-refractivity contribution in [3.63, 3.8) is 0 Å². The van der Waals surface area contributed by atoms with Crippen LogP contribution in [0.3, 0.4) is 0 Å². The molecule has 0 fully saturated rings. The summed E-state index contributed by atoms with van der Waals surface area (Å²) in [6.45, 7) is 6.34. The molecule has 3 nitrogen and oxygen atoms in total. The van der Waals surface area contributed by atoms with Crippen molar-refractivity contribution in [3.05, 3.63) is 28.8 Å². The fourth-order valence-electron chi connectivity index (χ4n) is 2.56. The third-order valence-electron chi connectivity index (χ3n) is 3.41. The number of ether oxygens (including phenoxy) is 2. The summed E-state index contributed by atoms with van der Waals surface area (Å²) in [6, 6.07) is 4.41. The molecule has 0 radical (unpaired) electrons. The lowest BCUT2D eigenvalue weighted by atomic mass is 9.93. The van der Waals surface area contributed by atoms with Crippen LogP contribution < -0.4 is 10.1 Å². The standard InChI is InChI=1S/C15H25NO2/c1-7-12(17-5)15(16-4)14-11(3)8-10(2)9-13(14)18-6/h8-9,12,15-16H,7H2,1-6H3. The second-order valence-corrected chi connectivity index (χ2v) is 4.65. The van der Waals surface area contributed by atoms with Crippen LogP contribution in [0.4, 0.5) is 0 Å². The van der Waals surface area contributed by atoms with Gasteiger partial charge in [-0.2, -0.15) is 0 Å². The van der Waals surface area contributed by atoms with Crippen molar-refractivity contribution >= 4 is 0 Å². The zero-order chi connectivity index (χ0) is 13.7. The van der Waals surface area contributed by atoms with Crippen molar-refractivity contribution in [2.75, 3.05) is 21.3 Å². The Morgan fingerprint density at radius 1 is 1.22 bits per heavy atom. The minimum Gasteiger partial charge on any atom is -0.496 e. The van der Waals surface area contributed by atoms with Crippen molar-refractivity contribution in [3.8, 4) is 5.75 Å². The van der Waals surface area contributed by atoms with Crippen molar-refractivity contribution in [2.24, 2.45) is 0 Å². The molecule has 0 bridgehead atoms. The Bertz CT molecular complexity index is 386. The number of nitrogens with one attached hydrogen (secondary N) is 1. The van der Waals surface area contributed by atoms with E-state index in [1.54, 1.807) is 14.2 Å². The van der Waals surface area contributed by atoms with Gasteiger partial charge < -0.3 is 14.8 Å². The van der Waals surface area contributed by atoms with E-state index in [-0.39, 0.29) is 12.1 Å². The molecular weight excluding hydrogens is 226 g/mol. The van der Waals surface area contributed by atoms with Crippen LogP contribution in [0.1, 0.15) is 36.1 Å². The summed E-state index contributed by atoms with van der Waals surface area (Å²) in [6.07, 6.45) is 1.10. The monoisotopic (exact) mass is 251 g/mol. The summed E-state index contributed by atoms with van der Waals surface area (Å²) < 4.78 is 11.1. The lowest BCUT2D eigenvalue weighted by molar-refractivity contribution is 0.0665. The lowest BCUT2D eigenvalue weighted by Gasteiger charge is -2.28. The van der Waals surface area contributed by atoms with Crippen LogP contribution in [-0.4, -0.2) is 27.4 Å². The predicted molar refractivity (Wildman–Crippen MR) is 75.4 cm³/mol. The van der Waals surface area contributed by atoms with Gasteiger partial charge in [-0.3, -0.25) is 0 Å². The average Bonchev–Trinajstić information content (AvgIpc) is 2.36. The van der Waals surface area contributed by atoms with E-state index < -0.39 is 0 Å². The molecule has 0 spiro atoms. The summed E-state index contributed by atoms with van der Waals surface area (Å²) in [4.78, 5) is 0. The topological polar surface area (TPSA) is 30.5 Å². The Kier molecular flexibility index (Phi) is 5.63. The molecule has 0 aliphatic rings. The van der Waals surface area contributed by atoms with E-state index in [0.717, 1.165) is 12.2 Å². The molecule has 1 aromatic rings. The van der Waals surface area contributed by atoms with Gasteiger partial charge in [-0.05, 0) is 44.5 Å². The Morgan fingerprint density at radius 3 is 2.33 bits per heavy atom. The number of likely N-dealkylation sites (N-methyl/N-ethyl adjacent to an activating group) is 1. The van der Waals surface area contributed by atoms with Gasteiger partial charge in [-0.15, -0.1) is 0 Å². The second-order valence-electron chi connectivity index (χ2n) is 4.65. The predicted octanol–water partition coefficient (Wildman–Crippen LogP) is 3.00. The van der Waals surface area contributed by atoms with E-state index in [9.17, 15) is 0 Å². The number of benzene rings is 1. The van der Waals surface area contributed by atoms with Gasteiger partial charge in [0, 0.05) is 12.7 Å². The van der Waals surface area contributed by atoms with E-state index in [4.69, 9.17) is 9.47 Å². The fraction of sp³-hybridized carbons (Fsp3) is 0.600. The Labute approximate surface area is 110 Å². The molecule has 102 valence electrons. The van der Waals surface area contributed by atoms with Gasteiger partial charge in [0.1, 0.15) is 5.75 Å². The normalized spacial score (nSPS) is 14.3. The van der Waals surface area contributed by atoms with Gasteiger partial charge in [-0.1, -0.05) is 13.0 Å². The maximum absolute atomic E-state index is 5.57. The average molecular weight is 251 g/mol. The van der Waals surface area contributed by atoms with Crippen molar-refractivity contribution in [2.45, 2.75) is 39.3 Å². The van der Waals surface area contributed by atoms with E-state index >= 15 is 0 Å². The van der Waals surface area contributed by atoms with Crippen LogP contribution >= 0.6 is 0 Å². The first-order valence-corrected chi connectivity index (χ1v) is 6.44. The van der Waals surface area contributed by atoms with Crippen LogP contribution in [0.2, 0.25) is 0 Å². The van der Waals surface area contributed by atoms with Crippen LogP contribution in [0.15, 0.2) is 12.1 Å². The first-order chi connectivity index (χ1) is 8.58. The van der Waals surface area contributed by atoms with Gasteiger partial charge in [0.2, 0.25) is 0 Å². The molecule has 2 atom stereocenters. The minimum absolute atomic E-state index is 0.144. The number of methoxy groups -OCH3 is 2. The third-order valence-corrected chi connectivity index (χ3v) is 3.41. The summed E-state index contributed by atoms with van der Waals surface area (Å²) >= 11 is 0. The summed E-state index contributed by atoms with van der Waals surface area (Å²) in [5.74, 6) is 0.933. The molecule has 0 saturated heterocycles. The first kappa shape index (κ1) is 15.0. The molecule has 2 unspecified atom stereocenters. The highest BCUT2D eigenvalue weighted by Gasteiger charge is 2.24. The van der Waals surface area contributed by atoms with Crippen molar-refractivity contribution < 1.29 is 9.47 Å². The Balaban J connectivity index is 3.27. The molecule has 0 saturated carbocycles. The van der Waals surface area contributed by atoms with E-state index in [1.165, 1.54) is 16.7 Å². The largest absolute Gasteiger partial charge is 0.496 e. The minimum atomic E-state index is 0.144. The molecule has 1 N–H and O–H groups in total. The number of hydrogen-bond acceptors (Lipinski definition) is 3. The van der Waals surface area contributed by atoms with Crippen molar-refractivity contribution in [1.82, 2.24) is 5.32 Å². The smallest absolute Gasteiger partial charge is 0.124 e. The summed E-state index contributed by atoms with van der Waals surface area (Å²) in [7, 11) is 5.44. The maximum Gasteiger partial charge on any atom is 0.124 e. The van der Waals surface area contributed by atoms with Gasteiger partial charge in [-0.25, -0.2) is 0 Å². The Hall–Kier alpha value is -1.06. The number of hydrogen-bond donors (Lipinski definition) is 1. The molecule has 1 rings (SSSR count). The second kappa shape index (κ2) is 6.76. The quantitative estimate of drug-likeness (QED) is 0.843. The maximum atomic E-state index is 5.57. The molecule has 1 aromatic carbocycles. The fourth-order valence-corrected chi connectivity index (χ4v) is 2.56. The van der Waals surface area contributed by atoms with E-state index in [0.29, 0.717) is 0 Å². The molecule has 0 heterocycles. The summed E-state index contributed by atoms with van der Waals surface area (Å²) in [5, 5.41) is 3.35. The number of rotatable bonds is 6. The molecule has 3 heteroatoms. The van der Waals surface area contributed by atoms with Gasteiger partial charge >= 0.3 is 0 Å². The first-order valence-electron chi connectivity index (χ1n) is 6.44. The van der Waals surface area contributed by atoms with Gasteiger partial charge in [0.05, 0.1) is 19.3 Å². The molecule has 0 aliphatic heterocycles. The van der Waals surface area contributed by atoms with Crippen molar-refractivity contribution in [1.29, 1.82) is 0 Å². The zero-order valence-electron chi connectivity index (χ0n) is 12.3. The molecular formula is C15H25NO2. The number of aryl methyl sites for hydroxylation is 2.